The van der Waals surface area contributed by atoms with Crippen LogP contribution in [-0.4, -0.2) is 38.2 Å². The fraction of sp³-hybridized carbons (Fsp3) is 0.857. The van der Waals surface area contributed by atoms with Gasteiger partial charge < -0.3 is 20.4 Å². The number of rotatable bonds is 10. The van der Waals surface area contributed by atoms with Crippen molar-refractivity contribution in [1.29, 1.82) is 0 Å². The summed E-state index contributed by atoms with van der Waals surface area (Å²) in [5.74, 6) is -2.94. The minimum absolute atomic E-state index is 0.245. The summed E-state index contributed by atoms with van der Waals surface area (Å²) >= 11 is 0. The van der Waals surface area contributed by atoms with E-state index < -0.39 is 17.7 Å². The van der Waals surface area contributed by atoms with E-state index in [1.807, 2.05) is 0 Å². The Hall–Kier alpha value is -1.14. The van der Waals surface area contributed by atoms with Crippen molar-refractivity contribution < 1.29 is 30.0 Å². The van der Waals surface area contributed by atoms with E-state index in [4.69, 9.17) is 20.4 Å². The van der Waals surface area contributed by atoms with Crippen LogP contribution in [0.3, 0.4) is 0 Å². The van der Waals surface area contributed by atoms with Gasteiger partial charge >= 0.3 is 11.9 Å². The Kier molecular flexibility index (Phi) is 13.6. The third-order valence-corrected chi connectivity index (χ3v) is 2.70. The summed E-state index contributed by atoms with van der Waals surface area (Å²) in [7, 11) is 0. The molecule has 0 aliphatic carbocycles. The molecule has 0 aromatic carbocycles. The average molecular weight is 292 g/mol. The van der Waals surface area contributed by atoms with Crippen molar-refractivity contribution in [2.45, 2.75) is 77.4 Å². The molecule has 6 heteroatoms. The first-order valence-corrected chi connectivity index (χ1v) is 7.07. The molecule has 0 aliphatic heterocycles. The van der Waals surface area contributed by atoms with Gasteiger partial charge in [0.2, 0.25) is 0 Å². The van der Waals surface area contributed by atoms with Gasteiger partial charge in [-0.2, -0.15) is 0 Å². The molecule has 0 fully saturated rings. The van der Waals surface area contributed by atoms with Crippen molar-refractivity contribution >= 4 is 11.9 Å². The Balaban J connectivity index is 0. The van der Waals surface area contributed by atoms with E-state index in [9.17, 15) is 9.59 Å². The van der Waals surface area contributed by atoms with Gasteiger partial charge in [-0.05, 0) is 26.2 Å². The van der Waals surface area contributed by atoms with Crippen LogP contribution < -0.4 is 0 Å². The van der Waals surface area contributed by atoms with Crippen molar-refractivity contribution in [2.24, 2.45) is 0 Å². The summed E-state index contributed by atoms with van der Waals surface area (Å²) in [4.78, 5) is 20.3. The molecule has 6 nitrogen and oxygen atoms in total. The minimum Gasteiger partial charge on any atom is -0.481 e. The standard InChI is InChI=1S/C10H18O4.C4H10O2/c11-9(12)7-5-3-1-2-4-6-8-10(13)14;1-3-4(2,5)6/h1-8H2,(H,11,12)(H,13,14);5-6H,3H2,1-2H3. The first kappa shape index (κ1) is 21.2. The predicted octanol–water partition coefficient (Wildman–Crippen LogP) is 2.37. The van der Waals surface area contributed by atoms with Crippen molar-refractivity contribution in [2.75, 3.05) is 0 Å². The molecule has 0 radical (unpaired) electrons. The number of carboxylic acids is 2. The van der Waals surface area contributed by atoms with Crippen LogP contribution in [0.4, 0.5) is 0 Å². The molecular formula is C14H28O6. The molecule has 0 aromatic rings. The topological polar surface area (TPSA) is 115 Å². The highest BCUT2D eigenvalue weighted by Gasteiger charge is 2.08. The zero-order chi connectivity index (χ0) is 16.0. The molecule has 0 aliphatic rings. The Morgan fingerprint density at radius 1 is 0.800 bits per heavy atom. The maximum atomic E-state index is 10.1. The van der Waals surface area contributed by atoms with Gasteiger partial charge in [-0.3, -0.25) is 9.59 Å². The number of aliphatic hydroxyl groups is 2. The first-order valence-electron chi connectivity index (χ1n) is 7.07. The lowest BCUT2D eigenvalue weighted by Crippen LogP contribution is -2.20. The monoisotopic (exact) mass is 292 g/mol. The summed E-state index contributed by atoms with van der Waals surface area (Å²) in [5.41, 5.74) is 0. The molecule has 0 amide bonds. The van der Waals surface area contributed by atoms with E-state index >= 15 is 0 Å². The average Bonchev–Trinajstić information content (AvgIpc) is 2.31. The molecule has 0 rings (SSSR count). The van der Waals surface area contributed by atoms with E-state index in [2.05, 4.69) is 0 Å². The van der Waals surface area contributed by atoms with Gasteiger partial charge in [-0.15, -0.1) is 0 Å². The van der Waals surface area contributed by atoms with Crippen LogP contribution >= 0.6 is 0 Å². The highest BCUT2D eigenvalue weighted by molar-refractivity contribution is 5.66. The number of hydrogen-bond donors (Lipinski definition) is 4. The number of carboxylic acid groups (broad SMARTS) is 2. The highest BCUT2D eigenvalue weighted by Crippen LogP contribution is 2.08. The predicted molar refractivity (Wildman–Crippen MR) is 75.3 cm³/mol. The van der Waals surface area contributed by atoms with Crippen molar-refractivity contribution in [3.63, 3.8) is 0 Å². The zero-order valence-electron chi connectivity index (χ0n) is 12.5. The maximum Gasteiger partial charge on any atom is 0.303 e. The Bertz CT molecular complexity index is 237. The molecule has 0 aromatic heterocycles. The zero-order valence-corrected chi connectivity index (χ0v) is 12.5. The largest absolute Gasteiger partial charge is 0.481 e. The second kappa shape index (κ2) is 12.9. The molecule has 4 N–H and O–H groups in total. The number of unbranched alkanes of at least 4 members (excludes halogenated alkanes) is 5. The normalized spacial score (nSPS) is 10.6. The first-order chi connectivity index (χ1) is 9.19. The van der Waals surface area contributed by atoms with Crippen LogP contribution in [0.25, 0.3) is 0 Å². The number of aliphatic carboxylic acids is 2. The Morgan fingerprint density at radius 3 is 1.25 bits per heavy atom. The van der Waals surface area contributed by atoms with Crippen LogP contribution in [0.1, 0.15) is 71.6 Å². The van der Waals surface area contributed by atoms with E-state index in [0.29, 0.717) is 6.42 Å². The summed E-state index contributed by atoms with van der Waals surface area (Å²) in [6.07, 6.45) is 6.21. The summed E-state index contributed by atoms with van der Waals surface area (Å²) in [6.45, 7) is 3.06. The second-order valence-corrected chi connectivity index (χ2v) is 4.98. The van der Waals surface area contributed by atoms with Gasteiger partial charge in [0.15, 0.2) is 5.79 Å². The summed E-state index contributed by atoms with van der Waals surface area (Å²) in [5, 5.41) is 33.5. The van der Waals surface area contributed by atoms with E-state index in [1.54, 1.807) is 6.92 Å². The van der Waals surface area contributed by atoms with Crippen molar-refractivity contribution in [3.8, 4) is 0 Å². The lowest BCUT2D eigenvalue weighted by molar-refractivity contribution is -0.146. The van der Waals surface area contributed by atoms with Gasteiger partial charge in [-0.1, -0.05) is 32.6 Å². The van der Waals surface area contributed by atoms with Gasteiger partial charge in [0.1, 0.15) is 0 Å². The van der Waals surface area contributed by atoms with Crippen LogP contribution in [0.5, 0.6) is 0 Å². The van der Waals surface area contributed by atoms with Gasteiger partial charge in [-0.25, -0.2) is 0 Å². The number of hydrogen-bond acceptors (Lipinski definition) is 4. The van der Waals surface area contributed by atoms with Crippen molar-refractivity contribution in [1.82, 2.24) is 0 Å². The van der Waals surface area contributed by atoms with Gasteiger partial charge in [0.25, 0.3) is 0 Å². The quantitative estimate of drug-likeness (QED) is 0.363. The molecule has 0 saturated carbocycles. The van der Waals surface area contributed by atoms with Crippen LogP contribution in [0, 0.1) is 0 Å². The Morgan fingerprint density at radius 2 is 1.05 bits per heavy atom. The molecule has 0 heterocycles. The fourth-order valence-electron chi connectivity index (χ4n) is 1.26. The molecule has 0 bridgehead atoms. The SMILES string of the molecule is CCC(C)(O)O.O=C(O)CCCCCCCCC(=O)O. The lowest BCUT2D eigenvalue weighted by Gasteiger charge is -2.10. The molecule has 20 heavy (non-hydrogen) atoms. The van der Waals surface area contributed by atoms with Crippen molar-refractivity contribution in [3.05, 3.63) is 0 Å². The third kappa shape index (κ3) is 25.6. The molecular weight excluding hydrogens is 264 g/mol. The molecule has 0 unspecified atom stereocenters. The van der Waals surface area contributed by atoms with Crippen LogP contribution in [-0.2, 0) is 9.59 Å². The third-order valence-electron chi connectivity index (χ3n) is 2.70. The Labute approximate surface area is 120 Å². The van der Waals surface area contributed by atoms with Gasteiger partial charge in [0.05, 0.1) is 0 Å². The van der Waals surface area contributed by atoms with Crippen LogP contribution in [0.2, 0.25) is 0 Å². The molecule has 0 atom stereocenters. The summed E-state index contributed by atoms with van der Waals surface area (Å²) < 4.78 is 0. The molecule has 0 saturated heterocycles. The van der Waals surface area contributed by atoms with E-state index in [-0.39, 0.29) is 12.8 Å². The van der Waals surface area contributed by atoms with E-state index in [1.165, 1.54) is 6.92 Å². The molecule has 120 valence electrons. The maximum absolute atomic E-state index is 10.1. The van der Waals surface area contributed by atoms with Gasteiger partial charge in [0, 0.05) is 12.8 Å². The smallest absolute Gasteiger partial charge is 0.303 e. The van der Waals surface area contributed by atoms with E-state index in [0.717, 1.165) is 38.5 Å². The van der Waals surface area contributed by atoms with Crippen LogP contribution in [0.15, 0.2) is 0 Å². The lowest BCUT2D eigenvalue weighted by atomic mass is 10.1. The molecule has 0 spiro atoms. The highest BCUT2D eigenvalue weighted by atomic mass is 16.5. The number of carbonyl (C=O) groups is 2. The summed E-state index contributed by atoms with van der Waals surface area (Å²) in [6, 6.07) is 0. The minimum atomic E-state index is -1.46. The second-order valence-electron chi connectivity index (χ2n) is 4.98. The fourth-order valence-corrected chi connectivity index (χ4v) is 1.26.